The predicted octanol–water partition coefficient (Wildman–Crippen LogP) is 6.37. The van der Waals surface area contributed by atoms with Crippen molar-refractivity contribution in [3.8, 4) is 0 Å². The van der Waals surface area contributed by atoms with Crippen LogP contribution in [0.3, 0.4) is 0 Å². The van der Waals surface area contributed by atoms with Gasteiger partial charge in [0.15, 0.2) is 11.6 Å². The van der Waals surface area contributed by atoms with Crippen molar-refractivity contribution in [1.82, 2.24) is 0 Å². The van der Waals surface area contributed by atoms with Crippen molar-refractivity contribution in [3.05, 3.63) is 140 Å². The second kappa shape index (κ2) is 7.27. The zero-order chi connectivity index (χ0) is 25.8. The van der Waals surface area contributed by atoms with Crippen molar-refractivity contribution in [3.63, 3.8) is 0 Å². The normalized spacial score (nSPS) is 17.9. The van der Waals surface area contributed by atoms with Gasteiger partial charge in [-0.25, -0.2) is 0 Å². The highest BCUT2D eigenvalue weighted by Gasteiger charge is 2.64. The first kappa shape index (κ1) is 21.5. The van der Waals surface area contributed by atoms with Crippen LogP contribution in [0.2, 0.25) is 0 Å². The molecule has 2 aliphatic carbocycles. The summed E-state index contributed by atoms with van der Waals surface area (Å²) in [5.74, 6) is -0.851. The van der Waals surface area contributed by atoms with E-state index in [1.165, 1.54) is 0 Å². The van der Waals surface area contributed by atoms with Crippen molar-refractivity contribution in [1.29, 1.82) is 0 Å². The number of ketones is 2. The lowest BCUT2D eigenvalue weighted by molar-refractivity contribution is -0.118. The molecule has 4 aromatic rings. The fourth-order valence-corrected chi connectivity index (χ4v) is 6.79. The maximum absolute atomic E-state index is 14.3. The van der Waals surface area contributed by atoms with Crippen LogP contribution < -0.4 is 10.2 Å². The molecule has 6 heteroatoms. The molecule has 0 radical (unpaired) electrons. The van der Waals surface area contributed by atoms with Crippen molar-refractivity contribution in [2.24, 2.45) is 0 Å². The molecule has 2 aliphatic heterocycles. The van der Waals surface area contributed by atoms with Crippen LogP contribution in [0.15, 0.2) is 113 Å². The van der Waals surface area contributed by atoms with Gasteiger partial charge in [0.2, 0.25) is 5.91 Å². The number of rotatable bonds is 1. The van der Waals surface area contributed by atoms with Gasteiger partial charge in [0, 0.05) is 54.8 Å². The van der Waals surface area contributed by atoms with E-state index in [0.717, 1.165) is 21.3 Å². The van der Waals surface area contributed by atoms with Crippen LogP contribution >= 0.6 is 15.9 Å². The van der Waals surface area contributed by atoms with Crippen molar-refractivity contribution < 1.29 is 14.4 Å². The minimum Gasteiger partial charge on any atom is -0.324 e. The van der Waals surface area contributed by atoms with Crippen LogP contribution in [0, 0.1) is 0 Å². The molecule has 2 heterocycles. The van der Waals surface area contributed by atoms with E-state index in [2.05, 4.69) is 21.2 Å². The van der Waals surface area contributed by atoms with E-state index in [0.29, 0.717) is 44.9 Å². The summed E-state index contributed by atoms with van der Waals surface area (Å²) in [5.41, 5.74) is 4.94. The molecular weight excluding hydrogens is 540 g/mol. The van der Waals surface area contributed by atoms with Crippen LogP contribution in [0.25, 0.3) is 11.4 Å². The van der Waals surface area contributed by atoms with E-state index in [-0.39, 0.29) is 17.5 Å². The van der Waals surface area contributed by atoms with E-state index >= 15 is 0 Å². The van der Waals surface area contributed by atoms with Gasteiger partial charge in [-0.2, -0.15) is 0 Å². The molecule has 5 nitrogen and oxygen atoms in total. The largest absolute Gasteiger partial charge is 0.324 e. The zero-order valence-electron chi connectivity index (χ0n) is 19.8. The lowest BCUT2D eigenvalue weighted by Crippen LogP contribution is -2.47. The molecule has 0 aromatic heterocycles. The predicted molar refractivity (Wildman–Crippen MR) is 149 cm³/mol. The fourth-order valence-electron chi connectivity index (χ4n) is 6.53. The molecule has 38 heavy (non-hydrogen) atoms. The summed E-state index contributed by atoms with van der Waals surface area (Å²) in [6, 6.07) is 30.0. The van der Waals surface area contributed by atoms with Gasteiger partial charge >= 0.3 is 0 Å². The number of hydrogen-bond acceptors (Lipinski definition) is 4. The Kier molecular flexibility index (Phi) is 4.12. The van der Waals surface area contributed by atoms with Crippen molar-refractivity contribution in [2.75, 3.05) is 10.2 Å². The highest BCUT2D eigenvalue weighted by molar-refractivity contribution is 9.10. The number of anilines is 2. The van der Waals surface area contributed by atoms with Gasteiger partial charge in [-0.3, -0.25) is 14.4 Å². The standard InChI is InChI=1S/C32H17BrN2O3/c33-17-13-15-18(16-14-17)35-27-19-7-1-3-9-21(19)29(36)25(27)32(23-11-5-6-12-24(23)34-31(32)38)26-28(35)20-8-2-4-10-22(20)30(26)37/h1-16H,(H,34,38). The molecule has 0 bridgehead atoms. The fraction of sp³-hybridized carbons (Fsp3) is 0.0312. The quantitative estimate of drug-likeness (QED) is 0.295. The number of Topliss-reactive ketones (excluding diaryl/α,β-unsaturated/α-hetero) is 2. The molecule has 1 N–H and O–H groups in total. The minimum atomic E-state index is -1.57. The Hall–Kier alpha value is -4.55. The number of benzene rings is 4. The summed E-state index contributed by atoms with van der Waals surface area (Å²) < 4.78 is 0.910. The maximum atomic E-state index is 14.3. The Morgan fingerprint density at radius 2 is 1.11 bits per heavy atom. The second-order valence-corrected chi connectivity index (χ2v) is 10.7. The van der Waals surface area contributed by atoms with E-state index < -0.39 is 5.41 Å². The molecule has 1 spiro atoms. The van der Waals surface area contributed by atoms with Gasteiger partial charge < -0.3 is 10.2 Å². The zero-order valence-corrected chi connectivity index (χ0v) is 21.4. The lowest BCUT2D eigenvalue weighted by atomic mass is 9.65. The molecule has 0 unspecified atom stereocenters. The van der Waals surface area contributed by atoms with Gasteiger partial charge in [0.1, 0.15) is 5.41 Å². The lowest BCUT2D eigenvalue weighted by Gasteiger charge is -2.41. The van der Waals surface area contributed by atoms with Crippen LogP contribution in [-0.2, 0) is 10.2 Å². The van der Waals surface area contributed by atoms with E-state index in [4.69, 9.17) is 0 Å². The van der Waals surface area contributed by atoms with Crippen LogP contribution in [0.1, 0.15) is 37.4 Å². The Bertz CT molecular complexity index is 1780. The van der Waals surface area contributed by atoms with Crippen molar-refractivity contribution in [2.45, 2.75) is 5.41 Å². The summed E-state index contributed by atoms with van der Waals surface area (Å²) in [6.07, 6.45) is 0. The average molecular weight is 557 g/mol. The first-order chi connectivity index (χ1) is 18.5. The molecule has 0 saturated carbocycles. The summed E-state index contributed by atoms with van der Waals surface area (Å²) in [5, 5.41) is 3.00. The van der Waals surface area contributed by atoms with E-state index in [1.54, 1.807) is 12.1 Å². The molecule has 0 fully saturated rings. The number of amides is 1. The van der Waals surface area contributed by atoms with Gasteiger partial charge in [-0.05, 0) is 30.3 Å². The number of para-hydroxylation sites is 1. The molecular formula is C32H17BrN2O3. The Labute approximate surface area is 226 Å². The number of carbonyl (C=O) groups excluding carboxylic acids is 3. The average Bonchev–Trinajstić information content (AvgIpc) is 3.52. The van der Waals surface area contributed by atoms with E-state index in [1.807, 2.05) is 89.8 Å². The topological polar surface area (TPSA) is 66.5 Å². The van der Waals surface area contributed by atoms with Gasteiger partial charge in [0.05, 0.1) is 11.4 Å². The number of nitrogens with one attached hydrogen (secondary N) is 1. The maximum Gasteiger partial charge on any atom is 0.244 e. The molecule has 0 saturated heterocycles. The highest BCUT2D eigenvalue weighted by atomic mass is 79.9. The monoisotopic (exact) mass is 556 g/mol. The third kappa shape index (κ3) is 2.39. The Morgan fingerprint density at radius 1 is 0.605 bits per heavy atom. The van der Waals surface area contributed by atoms with Crippen molar-refractivity contribution >= 4 is 56.2 Å². The second-order valence-electron chi connectivity index (χ2n) is 9.76. The number of nitrogens with zero attached hydrogens (tertiary/aromatic N) is 1. The first-order valence-electron chi connectivity index (χ1n) is 12.3. The summed E-state index contributed by atoms with van der Waals surface area (Å²) in [6.45, 7) is 0. The Morgan fingerprint density at radius 3 is 1.68 bits per heavy atom. The molecule has 1 amide bonds. The summed E-state index contributed by atoms with van der Waals surface area (Å²) in [4.78, 5) is 45.0. The number of halogens is 1. The third-order valence-electron chi connectivity index (χ3n) is 7.98. The number of carbonyl (C=O) groups is 3. The van der Waals surface area contributed by atoms with Gasteiger partial charge in [-0.15, -0.1) is 0 Å². The smallest absolute Gasteiger partial charge is 0.244 e. The first-order valence-corrected chi connectivity index (χ1v) is 13.1. The molecule has 4 aromatic carbocycles. The highest BCUT2D eigenvalue weighted by Crippen LogP contribution is 2.62. The summed E-state index contributed by atoms with van der Waals surface area (Å²) in [7, 11) is 0. The van der Waals surface area contributed by atoms with Gasteiger partial charge in [-0.1, -0.05) is 82.7 Å². The van der Waals surface area contributed by atoms with Gasteiger partial charge in [0.25, 0.3) is 0 Å². The number of fused-ring (bicyclic) bond motifs is 8. The van der Waals surface area contributed by atoms with Crippen LogP contribution in [0.5, 0.6) is 0 Å². The SMILES string of the molecule is O=C1C2=C(c3ccccc31)N(c1ccc(Br)cc1)C1=C(C(=O)c3ccccc31)C21C(=O)Nc2ccccc21. The van der Waals surface area contributed by atoms with Crippen LogP contribution in [0.4, 0.5) is 11.4 Å². The number of hydrogen-bond donors (Lipinski definition) is 1. The molecule has 4 aliphatic rings. The molecule has 8 rings (SSSR count). The molecule has 180 valence electrons. The van der Waals surface area contributed by atoms with E-state index in [9.17, 15) is 14.4 Å². The third-order valence-corrected chi connectivity index (χ3v) is 8.51. The molecule has 0 atom stereocenters. The minimum absolute atomic E-state index is 0.236. The summed E-state index contributed by atoms with van der Waals surface area (Å²) >= 11 is 3.52. The van der Waals surface area contributed by atoms with Crippen LogP contribution in [-0.4, -0.2) is 17.5 Å². The Balaban J connectivity index is 1.58.